The van der Waals surface area contributed by atoms with E-state index in [1.807, 2.05) is 4.90 Å². The zero-order valence-corrected chi connectivity index (χ0v) is 11.7. The van der Waals surface area contributed by atoms with Crippen LogP contribution in [0.25, 0.3) is 0 Å². The summed E-state index contributed by atoms with van der Waals surface area (Å²) in [5, 5.41) is 0. The van der Waals surface area contributed by atoms with E-state index in [-0.39, 0.29) is 12.1 Å². The Labute approximate surface area is 120 Å². The van der Waals surface area contributed by atoms with Crippen molar-refractivity contribution >= 4 is 11.6 Å². The minimum Gasteiger partial charge on any atom is -0.370 e. The van der Waals surface area contributed by atoms with Crippen LogP contribution in [0.2, 0.25) is 0 Å². The van der Waals surface area contributed by atoms with Gasteiger partial charge in [-0.05, 0) is 37.1 Å². The van der Waals surface area contributed by atoms with Gasteiger partial charge in [0.2, 0.25) is 5.91 Å². The Hall–Kier alpha value is -1.76. The van der Waals surface area contributed by atoms with Crippen LogP contribution < -0.4 is 16.4 Å². The maximum atomic E-state index is 12.8. The highest BCUT2D eigenvalue weighted by atomic mass is 19.4. The summed E-state index contributed by atoms with van der Waals surface area (Å²) in [6.07, 6.45) is -3.83. The van der Waals surface area contributed by atoms with Crippen LogP contribution in [0.4, 0.5) is 18.9 Å². The number of nitrogens with two attached hydrogens (primary N) is 2. The molecule has 0 bridgehead atoms. The molecule has 1 aromatic carbocycles. The fourth-order valence-electron chi connectivity index (χ4n) is 2.60. The van der Waals surface area contributed by atoms with Crippen molar-refractivity contribution in [1.29, 1.82) is 0 Å². The highest BCUT2D eigenvalue weighted by molar-refractivity contribution is 5.82. The number of hydrogen-bond acceptors (Lipinski definition) is 3. The smallest absolute Gasteiger partial charge is 0.370 e. The molecule has 0 spiro atoms. The lowest BCUT2D eigenvalue weighted by molar-refractivity contribution is -0.138. The Kier molecular flexibility index (Phi) is 3.88. The van der Waals surface area contributed by atoms with Gasteiger partial charge in [-0.2, -0.15) is 13.2 Å². The zero-order chi connectivity index (χ0) is 15.8. The highest BCUT2D eigenvalue weighted by Gasteiger charge is 2.39. The van der Waals surface area contributed by atoms with E-state index in [0.717, 1.165) is 6.07 Å². The van der Waals surface area contributed by atoms with Crippen LogP contribution in [0, 0.1) is 5.41 Å². The molecule has 1 fully saturated rings. The number of primary amides is 1. The second kappa shape index (κ2) is 5.22. The molecule has 1 saturated heterocycles. The van der Waals surface area contributed by atoms with Gasteiger partial charge in [-0.25, -0.2) is 0 Å². The van der Waals surface area contributed by atoms with Crippen LogP contribution in [-0.4, -0.2) is 19.0 Å². The normalized spacial score (nSPS) is 22.6. The highest BCUT2D eigenvalue weighted by Crippen LogP contribution is 2.37. The number of rotatable bonds is 3. The second-order valence-corrected chi connectivity index (χ2v) is 5.64. The molecule has 1 heterocycles. The van der Waals surface area contributed by atoms with Crippen molar-refractivity contribution in [3.8, 4) is 0 Å². The fourth-order valence-corrected chi connectivity index (χ4v) is 2.60. The van der Waals surface area contributed by atoms with Gasteiger partial charge < -0.3 is 16.4 Å². The first-order valence-electron chi connectivity index (χ1n) is 6.62. The van der Waals surface area contributed by atoms with Gasteiger partial charge in [0.05, 0.1) is 11.0 Å². The first kappa shape index (κ1) is 15.6. The summed E-state index contributed by atoms with van der Waals surface area (Å²) < 4.78 is 38.5. The van der Waals surface area contributed by atoms with E-state index >= 15 is 0 Å². The summed E-state index contributed by atoms with van der Waals surface area (Å²) in [5.74, 6) is -0.393. The van der Waals surface area contributed by atoms with Gasteiger partial charge >= 0.3 is 6.18 Å². The summed E-state index contributed by atoms with van der Waals surface area (Å²) in [4.78, 5) is 13.3. The van der Waals surface area contributed by atoms with E-state index in [9.17, 15) is 18.0 Å². The molecule has 1 aromatic rings. The molecule has 21 heavy (non-hydrogen) atoms. The third-order valence-corrected chi connectivity index (χ3v) is 4.05. The third-order valence-electron chi connectivity index (χ3n) is 4.05. The molecule has 1 amide bonds. The van der Waals surface area contributed by atoms with Crippen LogP contribution in [0.5, 0.6) is 0 Å². The van der Waals surface area contributed by atoms with E-state index < -0.39 is 23.1 Å². The lowest BCUT2D eigenvalue weighted by Gasteiger charge is -2.24. The number of hydrogen-bond donors (Lipinski definition) is 2. The number of alkyl halides is 3. The maximum absolute atomic E-state index is 12.8. The predicted molar refractivity (Wildman–Crippen MR) is 73.5 cm³/mol. The van der Waals surface area contributed by atoms with Gasteiger partial charge in [0.15, 0.2) is 0 Å². The maximum Gasteiger partial charge on any atom is 0.416 e. The van der Waals surface area contributed by atoms with E-state index in [4.69, 9.17) is 11.5 Å². The van der Waals surface area contributed by atoms with Crippen molar-refractivity contribution in [3.05, 3.63) is 29.3 Å². The topological polar surface area (TPSA) is 72.4 Å². The van der Waals surface area contributed by atoms with Crippen molar-refractivity contribution in [3.63, 3.8) is 0 Å². The molecular formula is C14H18F3N3O. The lowest BCUT2D eigenvalue weighted by Crippen LogP contribution is -2.37. The average Bonchev–Trinajstić information content (AvgIpc) is 2.81. The van der Waals surface area contributed by atoms with Crippen LogP contribution in [0.1, 0.15) is 24.5 Å². The molecular weight excluding hydrogens is 283 g/mol. The van der Waals surface area contributed by atoms with Crippen LogP contribution in [0.3, 0.4) is 0 Å². The number of nitrogens with zero attached hydrogens (tertiary/aromatic N) is 1. The molecule has 1 aliphatic heterocycles. The number of halogens is 3. The molecule has 0 radical (unpaired) electrons. The Balaban J connectivity index is 2.29. The number of amides is 1. The molecule has 116 valence electrons. The quantitative estimate of drug-likeness (QED) is 0.895. The monoisotopic (exact) mass is 301 g/mol. The van der Waals surface area contributed by atoms with E-state index in [1.165, 1.54) is 12.1 Å². The van der Waals surface area contributed by atoms with Gasteiger partial charge in [0.1, 0.15) is 0 Å². The van der Waals surface area contributed by atoms with Gasteiger partial charge in [0.25, 0.3) is 0 Å². The standard InChI is InChI=1S/C14H18F3N3O/c1-13(12(19)21)4-5-20(8-13)10-2-3-11(14(15,16)17)9(6-10)7-18/h2-3,6H,4-5,7-8,18H2,1H3,(H2,19,21). The SMILES string of the molecule is CC1(C(N)=O)CCN(c2ccc(C(F)(F)F)c(CN)c2)C1. The van der Waals surface area contributed by atoms with E-state index in [2.05, 4.69) is 0 Å². The minimum absolute atomic E-state index is 0.0488. The fraction of sp³-hybridized carbons (Fsp3) is 0.500. The Morgan fingerprint density at radius 3 is 2.57 bits per heavy atom. The summed E-state index contributed by atoms with van der Waals surface area (Å²) >= 11 is 0. The molecule has 0 saturated carbocycles. The van der Waals surface area contributed by atoms with Crippen LogP contribution in [-0.2, 0) is 17.5 Å². The van der Waals surface area contributed by atoms with Crippen molar-refractivity contribution in [2.45, 2.75) is 26.1 Å². The third kappa shape index (κ3) is 2.97. The van der Waals surface area contributed by atoms with Gasteiger partial charge in [-0.1, -0.05) is 0 Å². The lowest BCUT2D eigenvalue weighted by atomic mass is 9.89. The Bertz CT molecular complexity index is 559. The molecule has 0 aromatic heterocycles. The number of carbonyl (C=O) groups excluding carboxylic acids is 1. The first-order chi connectivity index (χ1) is 9.67. The predicted octanol–water partition coefficient (Wildman–Crippen LogP) is 1.87. The summed E-state index contributed by atoms with van der Waals surface area (Å²) in [5.41, 5.74) is 10.1. The summed E-state index contributed by atoms with van der Waals surface area (Å²) in [6, 6.07) is 3.89. The van der Waals surface area contributed by atoms with E-state index in [0.29, 0.717) is 25.2 Å². The van der Waals surface area contributed by atoms with Crippen molar-refractivity contribution in [1.82, 2.24) is 0 Å². The molecule has 1 unspecified atom stereocenters. The molecule has 0 aliphatic carbocycles. The van der Waals surface area contributed by atoms with Crippen molar-refractivity contribution < 1.29 is 18.0 Å². The van der Waals surface area contributed by atoms with Gasteiger partial charge in [0, 0.05) is 25.3 Å². The van der Waals surface area contributed by atoms with Gasteiger partial charge in [-0.3, -0.25) is 4.79 Å². The summed E-state index contributed by atoms with van der Waals surface area (Å²) in [6.45, 7) is 2.55. The largest absolute Gasteiger partial charge is 0.416 e. The first-order valence-corrected chi connectivity index (χ1v) is 6.62. The number of anilines is 1. The second-order valence-electron chi connectivity index (χ2n) is 5.64. The molecule has 1 aliphatic rings. The van der Waals surface area contributed by atoms with Crippen LogP contribution in [0.15, 0.2) is 18.2 Å². The average molecular weight is 301 g/mol. The van der Waals surface area contributed by atoms with Gasteiger partial charge in [-0.15, -0.1) is 0 Å². The molecule has 1 atom stereocenters. The Morgan fingerprint density at radius 1 is 1.43 bits per heavy atom. The number of carbonyl (C=O) groups is 1. The molecule has 7 heteroatoms. The summed E-state index contributed by atoms with van der Waals surface area (Å²) in [7, 11) is 0. The van der Waals surface area contributed by atoms with E-state index in [1.54, 1.807) is 6.92 Å². The number of benzene rings is 1. The Morgan fingerprint density at radius 2 is 2.10 bits per heavy atom. The minimum atomic E-state index is -4.42. The van der Waals surface area contributed by atoms with Crippen LogP contribution >= 0.6 is 0 Å². The molecule has 2 rings (SSSR count). The molecule has 4 nitrogen and oxygen atoms in total. The molecule has 4 N–H and O–H groups in total. The van der Waals surface area contributed by atoms with Crippen molar-refractivity contribution in [2.75, 3.05) is 18.0 Å². The van der Waals surface area contributed by atoms with Crippen molar-refractivity contribution in [2.24, 2.45) is 16.9 Å². The zero-order valence-electron chi connectivity index (χ0n) is 11.7.